The molecule has 1 unspecified atom stereocenters. The maximum atomic E-state index is 13.1. The Morgan fingerprint density at radius 3 is 2.59 bits per heavy atom. The summed E-state index contributed by atoms with van der Waals surface area (Å²) in [5, 5.41) is 3.90. The normalized spacial score (nSPS) is 16.5. The lowest BCUT2D eigenvalue weighted by molar-refractivity contribution is -0.137. The number of likely N-dealkylation sites (tertiary alicyclic amines) is 1. The molecular formula is C22H22F3N5O2. The van der Waals surface area contributed by atoms with Crippen molar-refractivity contribution >= 4 is 11.9 Å². The van der Waals surface area contributed by atoms with Gasteiger partial charge < -0.3 is 15.2 Å². The van der Waals surface area contributed by atoms with E-state index in [1.54, 1.807) is 18.7 Å². The molecule has 1 aromatic carbocycles. The van der Waals surface area contributed by atoms with Gasteiger partial charge in [-0.2, -0.15) is 13.2 Å². The third-order valence-electron chi connectivity index (χ3n) is 5.76. The average molecular weight is 445 g/mol. The molecular weight excluding hydrogens is 423 g/mol. The summed E-state index contributed by atoms with van der Waals surface area (Å²) in [7, 11) is 0. The van der Waals surface area contributed by atoms with Crippen molar-refractivity contribution in [2.75, 3.05) is 12.3 Å². The Labute approximate surface area is 182 Å². The van der Waals surface area contributed by atoms with E-state index in [-0.39, 0.29) is 24.3 Å². The predicted molar refractivity (Wildman–Crippen MR) is 110 cm³/mol. The zero-order chi connectivity index (χ0) is 23.0. The van der Waals surface area contributed by atoms with Gasteiger partial charge in [0.05, 0.1) is 29.4 Å². The molecule has 10 heteroatoms. The first-order valence-electron chi connectivity index (χ1n) is 10.2. The van der Waals surface area contributed by atoms with Crippen LogP contribution < -0.4 is 5.73 Å². The third kappa shape index (κ3) is 4.17. The molecule has 1 aliphatic heterocycles. The molecule has 3 heterocycles. The van der Waals surface area contributed by atoms with Crippen molar-refractivity contribution in [3.05, 3.63) is 58.7 Å². The molecule has 4 rings (SSSR count). The Kier molecular flexibility index (Phi) is 5.62. The van der Waals surface area contributed by atoms with Crippen molar-refractivity contribution in [1.82, 2.24) is 20.0 Å². The van der Waals surface area contributed by atoms with E-state index >= 15 is 0 Å². The summed E-state index contributed by atoms with van der Waals surface area (Å²) < 4.78 is 44.0. The number of rotatable bonds is 4. The number of benzene rings is 1. The van der Waals surface area contributed by atoms with E-state index in [9.17, 15) is 18.0 Å². The molecule has 3 aromatic rings. The van der Waals surface area contributed by atoms with Gasteiger partial charge in [-0.1, -0.05) is 17.3 Å². The summed E-state index contributed by atoms with van der Waals surface area (Å²) in [6.07, 6.45) is -1.35. The summed E-state index contributed by atoms with van der Waals surface area (Å²) in [5.41, 5.74) is 8.12. The van der Waals surface area contributed by atoms with Crippen LogP contribution in [0.25, 0.3) is 11.1 Å². The average Bonchev–Trinajstić information content (AvgIpc) is 3.36. The van der Waals surface area contributed by atoms with E-state index in [2.05, 4.69) is 15.1 Å². The maximum Gasteiger partial charge on any atom is 0.416 e. The van der Waals surface area contributed by atoms with E-state index in [0.717, 1.165) is 24.1 Å². The summed E-state index contributed by atoms with van der Waals surface area (Å²) >= 11 is 0. The lowest BCUT2D eigenvalue weighted by Gasteiger charge is -2.26. The second kappa shape index (κ2) is 8.25. The standard InChI is InChI=1S/C22H22F3N5O2/c1-12-16(13(2)32-29-12)10-19(31)30-9-3-4-18(30)20-17(11-27-21(26)28-20)14-5-7-15(8-6-14)22(23,24)25/h5-8,11,18H,3-4,9-10H2,1-2H3,(H2,26,27,28). The number of hydrogen-bond acceptors (Lipinski definition) is 6. The van der Waals surface area contributed by atoms with Crippen molar-refractivity contribution in [2.24, 2.45) is 0 Å². The SMILES string of the molecule is Cc1noc(C)c1CC(=O)N1CCCC1c1nc(N)ncc1-c1ccc(C(F)(F)F)cc1. The van der Waals surface area contributed by atoms with Crippen molar-refractivity contribution in [1.29, 1.82) is 0 Å². The van der Waals surface area contributed by atoms with Crippen LogP contribution >= 0.6 is 0 Å². The van der Waals surface area contributed by atoms with Gasteiger partial charge >= 0.3 is 6.18 Å². The number of anilines is 1. The lowest BCUT2D eigenvalue weighted by atomic mass is 9.98. The zero-order valence-electron chi connectivity index (χ0n) is 17.6. The van der Waals surface area contributed by atoms with Crippen LogP contribution in [-0.4, -0.2) is 32.5 Å². The minimum Gasteiger partial charge on any atom is -0.368 e. The Balaban J connectivity index is 1.66. The molecule has 2 aromatic heterocycles. The molecule has 0 bridgehead atoms. The van der Waals surface area contributed by atoms with Crippen LogP contribution in [-0.2, 0) is 17.4 Å². The lowest BCUT2D eigenvalue weighted by Crippen LogP contribution is -2.33. The molecule has 0 radical (unpaired) electrons. The Morgan fingerprint density at radius 1 is 1.25 bits per heavy atom. The third-order valence-corrected chi connectivity index (χ3v) is 5.76. The molecule has 2 N–H and O–H groups in total. The van der Waals surface area contributed by atoms with E-state index in [0.29, 0.717) is 41.2 Å². The first-order valence-corrected chi connectivity index (χ1v) is 10.2. The molecule has 0 saturated carbocycles. The highest BCUT2D eigenvalue weighted by Gasteiger charge is 2.34. The van der Waals surface area contributed by atoms with Gasteiger partial charge in [0.25, 0.3) is 0 Å². The van der Waals surface area contributed by atoms with Crippen LogP contribution in [0.1, 0.15) is 47.2 Å². The molecule has 0 aliphatic carbocycles. The van der Waals surface area contributed by atoms with Gasteiger partial charge in [0.1, 0.15) is 5.76 Å². The van der Waals surface area contributed by atoms with Crippen LogP contribution in [0.4, 0.5) is 19.1 Å². The largest absolute Gasteiger partial charge is 0.416 e. The van der Waals surface area contributed by atoms with E-state index < -0.39 is 11.7 Å². The molecule has 1 amide bonds. The van der Waals surface area contributed by atoms with Crippen molar-refractivity contribution in [3.8, 4) is 11.1 Å². The zero-order valence-corrected chi connectivity index (χ0v) is 17.6. The number of hydrogen-bond donors (Lipinski definition) is 1. The number of nitrogens with two attached hydrogens (primary N) is 1. The number of aromatic nitrogens is 3. The first-order chi connectivity index (χ1) is 15.1. The first kappa shape index (κ1) is 21.8. The Bertz CT molecular complexity index is 1120. The van der Waals surface area contributed by atoms with Gasteiger partial charge in [-0.25, -0.2) is 9.97 Å². The van der Waals surface area contributed by atoms with Crippen LogP contribution in [0.5, 0.6) is 0 Å². The quantitative estimate of drug-likeness (QED) is 0.645. The minimum atomic E-state index is -4.42. The number of carbonyl (C=O) groups is 1. The second-order valence-electron chi connectivity index (χ2n) is 7.83. The van der Waals surface area contributed by atoms with Crippen LogP contribution in [0.3, 0.4) is 0 Å². The Morgan fingerprint density at radius 2 is 1.97 bits per heavy atom. The summed E-state index contributed by atoms with van der Waals surface area (Å²) in [6.45, 7) is 4.09. The highest BCUT2D eigenvalue weighted by Crippen LogP contribution is 2.38. The predicted octanol–water partition coefficient (Wildman–Crippen LogP) is 4.26. The van der Waals surface area contributed by atoms with Crippen molar-refractivity contribution in [2.45, 2.75) is 45.3 Å². The van der Waals surface area contributed by atoms with Gasteiger partial charge in [0.15, 0.2) is 0 Å². The van der Waals surface area contributed by atoms with Gasteiger partial charge in [-0.15, -0.1) is 0 Å². The molecule has 1 fully saturated rings. The number of aryl methyl sites for hydroxylation is 2. The minimum absolute atomic E-state index is 0.0423. The van der Waals surface area contributed by atoms with Crippen molar-refractivity contribution < 1.29 is 22.5 Å². The maximum absolute atomic E-state index is 13.1. The van der Waals surface area contributed by atoms with Gasteiger partial charge in [-0.3, -0.25) is 4.79 Å². The molecule has 168 valence electrons. The number of carbonyl (C=O) groups excluding carboxylic acids is 1. The molecule has 1 aliphatic rings. The van der Waals surface area contributed by atoms with Gasteiger partial charge in [0, 0.05) is 23.9 Å². The summed E-state index contributed by atoms with van der Waals surface area (Å²) in [6, 6.07) is 4.44. The second-order valence-corrected chi connectivity index (χ2v) is 7.83. The molecule has 7 nitrogen and oxygen atoms in total. The topological polar surface area (TPSA) is 98.1 Å². The van der Waals surface area contributed by atoms with Crippen LogP contribution in [0.15, 0.2) is 35.0 Å². The number of alkyl halides is 3. The highest BCUT2D eigenvalue weighted by atomic mass is 19.4. The van der Waals surface area contributed by atoms with Crippen LogP contribution in [0, 0.1) is 13.8 Å². The van der Waals surface area contributed by atoms with E-state index in [4.69, 9.17) is 10.3 Å². The molecule has 1 saturated heterocycles. The Hall–Kier alpha value is -3.43. The highest BCUT2D eigenvalue weighted by molar-refractivity contribution is 5.80. The fourth-order valence-corrected chi connectivity index (χ4v) is 4.08. The van der Waals surface area contributed by atoms with E-state index in [1.165, 1.54) is 18.3 Å². The van der Waals surface area contributed by atoms with E-state index in [1.807, 2.05) is 0 Å². The molecule has 0 spiro atoms. The summed E-state index contributed by atoms with van der Waals surface area (Å²) in [5.74, 6) is 0.543. The number of nitrogens with zero attached hydrogens (tertiary/aromatic N) is 4. The summed E-state index contributed by atoms with van der Waals surface area (Å²) in [4.78, 5) is 23.3. The monoisotopic (exact) mass is 445 g/mol. The fraction of sp³-hybridized carbons (Fsp3) is 0.364. The van der Waals surface area contributed by atoms with Crippen molar-refractivity contribution in [3.63, 3.8) is 0 Å². The number of amides is 1. The van der Waals surface area contributed by atoms with Gasteiger partial charge in [-0.05, 0) is 44.4 Å². The number of nitrogen functional groups attached to an aromatic ring is 1. The number of halogens is 3. The van der Waals surface area contributed by atoms with Crippen LogP contribution in [0.2, 0.25) is 0 Å². The molecule has 1 atom stereocenters. The molecule has 32 heavy (non-hydrogen) atoms. The smallest absolute Gasteiger partial charge is 0.368 e. The van der Waals surface area contributed by atoms with Gasteiger partial charge in [0.2, 0.25) is 11.9 Å². The fourth-order valence-electron chi connectivity index (χ4n) is 4.08.